The van der Waals surface area contributed by atoms with Crippen molar-refractivity contribution in [3.63, 3.8) is 0 Å². The molecule has 2 aromatic carbocycles. The molecule has 142 valence electrons. The van der Waals surface area contributed by atoms with Gasteiger partial charge in [0, 0.05) is 7.05 Å². The zero-order valence-electron chi connectivity index (χ0n) is 15.6. The first-order valence-corrected chi connectivity index (χ1v) is 9.05. The van der Waals surface area contributed by atoms with Crippen LogP contribution in [0.3, 0.4) is 0 Å². The highest BCUT2D eigenvalue weighted by molar-refractivity contribution is 7.16. The van der Waals surface area contributed by atoms with E-state index in [0.717, 1.165) is 20.6 Å². The van der Waals surface area contributed by atoms with Crippen LogP contribution in [0.5, 0.6) is 17.2 Å². The lowest BCUT2D eigenvalue weighted by atomic mass is 10.1. The maximum atomic E-state index is 12.3. The van der Waals surface area contributed by atoms with Gasteiger partial charge in [0.1, 0.15) is 0 Å². The van der Waals surface area contributed by atoms with E-state index in [-0.39, 0.29) is 12.3 Å². The molecule has 1 heterocycles. The smallest absolute Gasteiger partial charge is 0.244 e. The van der Waals surface area contributed by atoms with Gasteiger partial charge in [0.2, 0.25) is 16.5 Å². The number of methoxy groups -OCH3 is 3. The Morgan fingerprint density at radius 2 is 1.78 bits per heavy atom. The van der Waals surface area contributed by atoms with Crippen molar-refractivity contribution in [2.45, 2.75) is 6.42 Å². The summed E-state index contributed by atoms with van der Waals surface area (Å²) in [5, 5.41) is 4.25. The molecular weight excluding hydrogens is 366 g/mol. The summed E-state index contributed by atoms with van der Waals surface area (Å²) in [5.74, 6) is 1.27. The van der Waals surface area contributed by atoms with Crippen LogP contribution in [0.4, 0.5) is 0 Å². The molecule has 3 aromatic rings. The maximum absolute atomic E-state index is 12.3. The lowest BCUT2D eigenvalue weighted by Crippen LogP contribution is -2.24. The zero-order valence-corrected chi connectivity index (χ0v) is 16.4. The van der Waals surface area contributed by atoms with E-state index in [9.17, 15) is 4.79 Å². The lowest BCUT2D eigenvalue weighted by Gasteiger charge is -2.13. The molecule has 0 bridgehead atoms. The minimum atomic E-state index is -0.235. The number of thiazole rings is 1. The van der Waals surface area contributed by atoms with Crippen molar-refractivity contribution < 1.29 is 19.0 Å². The molecule has 0 spiro atoms. The normalized spacial score (nSPS) is 11.5. The molecule has 8 heteroatoms. The molecule has 0 aliphatic heterocycles. The van der Waals surface area contributed by atoms with Crippen LogP contribution < -0.4 is 24.4 Å². The van der Waals surface area contributed by atoms with E-state index in [1.165, 1.54) is 32.7 Å². The molecule has 0 aliphatic rings. The summed E-state index contributed by atoms with van der Waals surface area (Å²) >= 11 is 1.51. The predicted octanol–water partition coefficient (Wildman–Crippen LogP) is 2.44. The summed E-state index contributed by atoms with van der Waals surface area (Å²) in [6.07, 6.45) is 0.134. The number of hydrogen-bond donors (Lipinski definition) is 1. The van der Waals surface area contributed by atoms with E-state index in [1.807, 2.05) is 35.9 Å². The van der Waals surface area contributed by atoms with E-state index in [0.29, 0.717) is 17.2 Å². The molecule has 27 heavy (non-hydrogen) atoms. The van der Waals surface area contributed by atoms with Crippen LogP contribution in [0, 0.1) is 0 Å². The zero-order chi connectivity index (χ0) is 19.4. The summed E-state index contributed by atoms with van der Waals surface area (Å²) in [6, 6.07) is 11.5. The summed E-state index contributed by atoms with van der Waals surface area (Å²) < 4.78 is 19.0. The van der Waals surface area contributed by atoms with E-state index in [1.54, 1.807) is 12.1 Å². The Hall–Kier alpha value is -3.00. The van der Waals surface area contributed by atoms with Crippen molar-refractivity contribution in [3.8, 4) is 17.2 Å². The summed E-state index contributed by atoms with van der Waals surface area (Å²) in [5.41, 5.74) is 4.42. The van der Waals surface area contributed by atoms with Crippen LogP contribution in [-0.4, -0.2) is 31.8 Å². The fourth-order valence-electron chi connectivity index (χ4n) is 2.76. The molecule has 0 atom stereocenters. The first kappa shape index (κ1) is 18.8. The van der Waals surface area contributed by atoms with Gasteiger partial charge in [-0.05, 0) is 29.8 Å². The number of amides is 1. The number of nitrogens with zero attached hydrogens (tertiary/aromatic N) is 2. The average molecular weight is 387 g/mol. The molecule has 3 rings (SSSR count). The Balaban J connectivity index is 1.80. The number of benzene rings is 2. The molecular formula is C19H21N3O4S. The topological polar surface area (TPSA) is 74.1 Å². The molecule has 7 nitrogen and oxygen atoms in total. The van der Waals surface area contributed by atoms with E-state index >= 15 is 0 Å². The Labute approximate surface area is 160 Å². The molecule has 1 aromatic heterocycles. The second kappa shape index (κ2) is 8.13. The van der Waals surface area contributed by atoms with Gasteiger partial charge >= 0.3 is 0 Å². The largest absolute Gasteiger partial charge is 0.493 e. The number of fused-ring (bicyclic) bond motifs is 1. The van der Waals surface area contributed by atoms with Gasteiger partial charge in [-0.15, -0.1) is 5.10 Å². The van der Waals surface area contributed by atoms with Crippen LogP contribution >= 0.6 is 11.3 Å². The van der Waals surface area contributed by atoms with Crippen molar-refractivity contribution in [2.75, 3.05) is 21.3 Å². The number of nitrogens with one attached hydrogen (secondary N) is 1. The van der Waals surface area contributed by atoms with Gasteiger partial charge in [-0.25, -0.2) is 5.43 Å². The van der Waals surface area contributed by atoms with E-state index in [4.69, 9.17) is 14.2 Å². The van der Waals surface area contributed by atoms with Gasteiger partial charge in [-0.2, -0.15) is 0 Å². The molecule has 0 radical (unpaired) electrons. The third-order valence-corrected chi connectivity index (χ3v) is 5.19. The average Bonchev–Trinajstić information content (AvgIpc) is 3.01. The summed E-state index contributed by atoms with van der Waals surface area (Å²) in [4.78, 5) is 13.1. The van der Waals surface area contributed by atoms with E-state index < -0.39 is 0 Å². The Morgan fingerprint density at radius 3 is 2.37 bits per heavy atom. The third kappa shape index (κ3) is 3.90. The number of rotatable bonds is 6. The third-order valence-electron chi connectivity index (χ3n) is 4.08. The molecule has 1 N–H and O–H groups in total. The monoisotopic (exact) mass is 387 g/mol. The lowest BCUT2D eigenvalue weighted by molar-refractivity contribution is -0.120. The van der Waals surface area contributed by atoms with Crippen LogP contribution in [0.15, 0.2) is 41.5 Å². The number of hydrogen-bond acceptors (Lipinski definition) is 6. The highest BCUT2D eigenvalue weighted by atomic mass is 32.1. The van der Waals surface area contributed by atoms with Gasteiger partial charge in [0.25, 0.3) is 0 Å². The molecule has 0 saturated heterocycles. The molecule has 0 fully saturated rings. The van der Waals surface area contributed by atoms with Crippen LogP contribution in [-0.2, 0) is 18.3 Å². The minimum Gasteiger partial charge on any atom is -0.493 e. The second-order valence-corrected chi connectivity index (χ2v) is 6.78. The molecule has 0 saturated carbocycles. The van der Waals surface area contributed by atoms with Crippen LogP contribution in [0.2, 0.25) is 0 Å². The van der Waals surface area contributed by atoms with Crippen LogP contribution in [0.1, 0.15) is 5.56 Å². The molecule has 0 unspecified atom stereocenters. The number of carbonyl (C=O) groups excluding carboxylic acids is 1. The minimum absolute atomic E-state index is 0.134. The maximum Gasteiger partial charge on any atom is 0.244 e. The van der Waals surface area contributed by atoms with Gasteiger partial charge in [0.15, 0.2) is 11.5 Å². The van der Waals surface area contributed by atoms with Crippen molar-refractivity contribution >= 4 is 27.5 Å². The fourth-order valence-corrected chi connectivity index (χ4v) is 3.74. The Kier molecular flexibility index (Phi) is 5.66. The fraction of sp³-hybridized carbons (Fsp3) is 0.263. The first-order valence-electron chi connectivity index (χ1n) is 8.23. The number of para-hydroxylation sites is 1. The number of aryl methyl sites for hydroxylation is 1. The first-order chi connectivity index (χ1) is 13.1. The predicted molar refractivity (Wildman–Crippen MR) is 104 cm³/mol. The van der Waals surface area contributed by atoms with Crippen molar-refractivity contribution in [2.24, 2.45) is 12.1 Å². The Bertz CT molecular complexity index is 1010. The summed E-state index contributed by atoms with van der Waals surface area (Å²) in [6.45, 7) is 0. The number of aromatic nitrogens is 1. The molecule has 1 amide bonds. The second-order valence-electron chi connectivity index (χ2n) is 5.77. The van der Waals surface area contributed by atoms with Gasteiger partial charge in [-0.3, -0.25) is 4.79 Å². The standard InChI is InChI=1S/C19H21N3O4S/c1-22-13-7-5-6-8-16(13)27-19(22)21-20-17(23)11-12-9-14(24-2)18(26-4)15(10-12)25-3/h5-10H,11H2,1-4H3,(H,20,23). The van der Waals surface area contributed by atoms with Crippen LogP contribution in [0.25, 0.3) is 10.2 Å². The van der Waals surface area contributed by atoms with Crippen molar-refractivity contribution in [3.05, 3.63) is 46.8 Å². The molecule has 0 aliphatic carbocycles. The van der Waals surface area contributed by atoms with Gasteiger partial charge in [-0.1, -0.05) is 23.5 Å². The highest BCUT2D eigenvalue weighted by Crippen LogP contribution is 2.38. The van der Waals surface area contributed by atoms with Gasteiger partial charge < -0.3 is 18.8 Å². The SMILES string of the molecule is COc1cc(CC(=O)NN=c2sc3ccccc3n2C)cc(OC)c1OC. The van der Waals surface area contributed by atoms with Crippen molar-refractivity contribution in [1.82, 2.24) is 9.99 Å². The summed E-state index contributed by atoms with van der Waals surface area (Å²) in [7, 11) is 6.54. The van der Waals surface area contributed by atoms with Crippen molar-refractivity contribution in [1.29, 1.82) is 0 Å². The number of ether oxygens (including phenoxy) is 3. The quantitative estimate of drug-likeness (QED) is 0.660. The number of carbonyl (C=O) groups is 1. The van der Waals surface area contributed by atoms with E-state index in [2.05, 4.69) is 10.5 Å². The Morgan fingerprint density at radius 1 is 1.11 bits per heavy atom. The van der Waals surface area contributed by atoms with Gasteiger partial charge in [0.05, 0.1) is 38.0 Å². The highest BCUT2D eigenvalue weighted by Gasteiger charge is 2.14.